The summed E-state index contributed by atoms with van der Waals surface area (Å²) >= 11 is 0. The van der Waals surface area contributed by atoms with Crippen molar-refractivity contribution in [3.05, 3.63) is 23.8 Å². The molecule has 0 bridgehead atoms. The van der Waals surface area contributed by atoms with Gasteiger partial charge in [0.1, 0.15) is 0 Å². The maximum Gasteiger partial charge on any atom is 0.184 e. The van der Waals surface area contributed by atoms with Crippen LogP contribution in [0.2, 0.25) is 0 Å². The molecule has 4 nitrogen and oxygen atoms in total. The first-order chi connectivity index (χ1) is 8.15. The standard InChI is InChI=1S/C13H18O4/c1-8-9(2)17-13(16-8)10-5-6-11(14-3)12(7-10)15-4/h5-9,13H,1-4H3/t8-,9-/m1/s1. The van der Waals surface area contributed by atoms with Gasteiger partial charge in [-0.05, 0) is 26.0 Å². The van der Waals surface area contributed by atoms with Crippen molar-refractivity contribution in [1.82, 2.24) is 0 Å². The van der Waals surface area contributed by atoms with Crippen molar-refractivity contribution in [1.29, 1.82) is 0 Å². The maximum absolute atomic E-state index is 5.71. The molecular formula is C13H18O4. The molecule has 0 saturated carbocycles. The van der Waals surface area contributed by atoms with Crippen LogP contribution < -0.4 is 9.47 Å². The molecule has 2 rings (SSSR count). The lowest BCUT2D eigenvalue weighted by Crippen LogP contribution is -2.13. The fourth-order valence-corrected chi connectivity index (χ4v) is 1.80. The van der Waals surface area contributed by atoms with Crippen molar-refractivity contribution >= 4 is 0 Å². The van der Waals surface area contributed by atoms with Crippen LogP contribution in [0.3, 0.4) is 0 Å². The second kappa shape index (κ2) is 4.94. The number of methoxy groups -OCH3 is 2. The van der Waals surface area contributed by atoms with E-state index in [0.29, 0.717) is 11.5 Å². The molecule has 1 heterocycles. The van der Waals surface area contributed by atoms with Gasteiger partial charge in [0.15, 0.2) is 17.8 Å². The highest BCUT2D eigenvalue weighted by molar-refractivity contribution is 5.43. The predicted octanol–water partition coefficient (Wildman–Crippen LogP) is 2.53. The van der Waals surface area contributed by atoms with Gasteiger partial charge in [-0.1, -0.05) is 6.07 Å². The Bertz CT molecular complexity index is 381. The molecule has 0 N–H and O–H groups in total. The lowest BCUT2D eigenvalue weighted by atomic mass is 10.2. The van der Waals surface area contributed by atoms with E-state index in [1.165, 1.54) is 0 Å². The van der Waals surface area contributed by atoms with Crippen LogP contribution in [0.4, 0.5) is 0 Å². The van der Waals surface area contributed by atoms with E-state index >= 15 is 0 Å². The summed E-state index contributed by atoms with van der Waals surface area (Å²) in [6.07, 6.45) is -0.110. The van der Waals surface area contributed by atoms with E-state index in [2.05, 4.69) is 0 Å². The Balaban J connectivity index is 2.22. The van der Waals surface area contributed by atoms with Gasteiger partial charge in [0.05, 0.1) is 26.4 Å². The molecule has 2 atom stereocenters. The van der Waals surface area contributed by atoms with Gasteiger partial charge in [0.25, 0.3) is 0 Å². The molecule has 0 aliphatic carbocycles. The summed E-state index contributed by atoms with van der Waals surface area (Å²) in [6, 6.07) is 5.67. The molecule has 4 heteroatoms. The lowest BCUT2D eigenvalue weighted by Gasteiger charge is -2.13. The first kappa shape index (κ1) is 12.2. The Labute approximate surface area is 101 Å². The van der Waals surface area contributed by atoms with Crippen molar-refractivity contribution in [2.24, 2.45) is 0 Å². The zero-order chi connectivity index (χ0) is 12.4. The van der Waals surface area contributed by atoms with E-state index in [9.17, 15) is 0 Å². The van der Waals surface area contributed by atoms with Crippen LogP contribution in [0.5, 0.6) is 11.5 Å². The van der Waals surface area contributed by atoms with Crippen LogP contribution in [-0.4, -0.2) is 26.4 Å². The van der Waals surface area contributed by atoms with Gasteiger partial charge in [-0.3, -0.25) is 0 Å². The molecule has 94 valence electrons. The molecule has 0 unspecified atom stereocenters. The Morgan fingerprint density at radius 3 is 2.06 bits per heavy atom. The zero-order valence-electron chi connectivity index (χ0n) is 10.6. The minimum Gasteiger partial charge on any atom is -0.493 e. The van der Waals surface area contributed by atoms with Gasteiger partial charge in [-0.2, -0.15) is 0 Å². The molecule has 0 aromatic heterocycles. The van der Waals surface area contributed by atoms with Crippen LogP contribution in [-0.2, 0) is 9.47 Å². The molecule has 17 heavy (non-hydrogen) atoms. The molecule has 0 radical (unpaired) electrons. The predicted molar refractivity (Wildman–Crippen MR) is 63.4 cm³/mol. The third-order valence-electron chi connectivity index (χ3n) is 3.02. The van der Waals surface area contributed by atoms with Crippen molar-refractivity contribution in [2.75, 3.05) is 14.2 Å². The smallest absolute Gasteiger partial charge is 0.184 e. The Morgan fingerprint density at radius 1 is 0.941 bits per heavy atom. The normalized spacial score (nSPS) is 24.9. The van der Waals surface area contributed by atoms with Crippen LogP contribution in [0, 0.1) is 0 Å². The molecule has 1 saturated heterocycles. The SMILES string of the molecule is COc1ccc(C2O[C@H](C)[C@@H](C)O2)cc1OC. The van der Waals surface area contributed by atoms with E-state index in [0.717, 1.165) is 5.56 Å². The Hall–Kier alpha value is -1.26. The van der Waals surface area contributed by atoms with Crippen molar-refractivity contribution in [3.63, 3.8) is 0 Å². The van der Waals surface area contributed by atoms with E-state index < -0.39 is 0 Å². The van der Waals surface area contributed by atoms with E-state index in [4.69, 9.17) is 18.9 Å². The number of hydrogen-bond donors (Lipinski definition) is 0. The third kappa shape index (κ3) is 2.37. The number of ether oxygens (including phenoxy) is 4. The van der Waals surface area contributed by atoms with E-state index in [1.54, 1.807) is 14.2 Å². The average molecular weight is 238 g/mol. The summed E-state index contributed by atoms with van der Waals surface area (Å²) in [5.41, 5.74) is 0.943. The van der Waals surface area contributed by atoms with Crippen molar-refractivity contribution in [2.45, 2.75) is 32.3 Å². The molecule has 1 aliphatic heterocycles. The minimum atomic E-state index is -0.320. The van der Waals surface area contributed by atoms with Gasteiger partial charge in [-0.15, -0.1) is 0 Å². The first-order valence-corrected chi connectivity index (χ1v) is 5.68. The number of benzene rings is 1. The highest BCUT2D eigenvalue weighted by Crippen LogP contribution is 2.35. The quantitative estimate of drug-likeness (QED) is 0.810. The zero-order valence-corrected chi connectivity index (χ0v) is 10.6. The fraction of sp³-hybridized carbons (Fsp3) is 0.538. The van der Waals surface area contributed by atoms with Crippen LogP contribution in [0.1, 0.15) is 25.7 Å². The van der Waals surface area contributed by atoms with Crippen molar-refractivity contribution in [3.8, 4) is 11.5 Å². The summed E-state index contributed by atoms with van der Waals surface area (Å²) in [5.74, 6) is 1.39. The summed E-state index contributed by atoms with van der Waals surface area (Å²) in [4.78, 5) is 0. The summed E-state index contributed by atoms with van der Waals surface area (Å²) < 4.78 is 21.9. The van der Waals surface area contributed by atoms with Gasteiger partial charge >= 0.3 is 0 Å². The minimum absolute atomic E-state index is 0.105. The number of hydrogen-bond acceptors (Lipinski definition) is 4. The van der Waals surface area contributed by atoms with Gasteiger partial charge in [-0.25, -0.2) is 0 Å². The van der Waals surface area contributed by atoms with Gasteiger partial charge < -0.3 is 18.9 Å². The van der Waals surface area contributed by atoms with Crippen LogP contribution in [0.15, 0.2) is 18.2 Å². The first-order valence-electron chi connectivity index (χ1n) is 5.68. The Kier molecular flexibility index (Phi) is 3.54. The van der Waals surface area contributed by atoms with E-state index in [1.807, 2.05) is 32.0 Å². The van der Waals surface area contributed by atoms with Gasteiger partial charge in [0.2, 0.25) is 0 Å². The average Bonchev–Trinajstić information content (AvgIpc) is 2.68. The summed E-state index contributed by atoms with van der Waals surface area (Å²) in [7, 11) is 3.23. The second-order valence-corrected chi connectivity index (χ2v) is 4.13. The van der Waals surface area contributed by atoms with Crippen LogP contribution >= 0.6 is 0 Å². The Morgan fingerprint density at radius 2 is 1.53 bits per heavy atom. The van der Waals surface area contributed by atoms with Gasteiger partial charge in [0, 0.05) is 5.56 Å². The van der Waals surface area contributed by atoms with E-state index in [-0.39, 0.29) is 18.5 Å². The highest BCUT2D eigenvalue weighted by atomic mass is 16.7. The van der Waals surface area contributed by atoms with Crippen LogP contribution in [0.25, 0.3) is 0 Å². The topological polar surface area (TPSA) is 36.9 Å². The molecular weight excluding hydrogens is 220 g/mol. The molecule has 1 fully saturated rings. The summed E-state index contributed by atoms with van der Waals surface area (Å²) in [6.45, 7) is 4.01. The molecule has 0 spiro atoms. The molecule has 0 amide bonds. The largest absolute Gasteiger partial charge is 0.493 e. The molecule has 1 aromatic rings. The molecule has 1 aromatic carbocycles. The maximum atomic E-state index is 5.71. The third-order valence-corrected chi connectivity index (χ3v) is 3.02. The number of rotatable bonds is 3. The highest BCUT2D eigenvalue weighted by Gasteiger charge is 2.31. The monoisotopic (exact) mass is 238 g/mol. The molecule has 1 aliphatic rings. The van der Waals surface area contributed by atoms with Crippen molar-refractivity contribution < 1.29 is 18.9 Å². The lowest BCUT2D eigenvalue weighted by molar-refractivity contribution is -0.0654. The summed E-state index contributed by atoms with van der Waals surface area (Å²) in [5, 5.41) is 0. The fourth-order valence-electron chi connectivity index (χ4n) is 1.80. The second-order valence-electron chi connectivity index (χ2n) is 4.13.